The predicted octanol–water partition coefficient (Wildman–Crippen LogP) is 17.7. The Labute approximate surface area is 531 Å². The summed E-state index contributed by atoms with van der Waals surface area (Å²) in [4.78, 5) is 40.1. The fourth-order valence-corrected chi connectivity index (χ4v) is 21.1. The summed E-state index contributed by atoms with van der Waals surface area (Å²) in [5, 5.41) is 78.8. The molecule has 15 rings (SSSR count). The Morgan fingerprint density at radius 3 is 1.12 bits per heavy atom. The van der Waals surface area contributed by atoms with Crippen LogP contribution in [0.4, 0.5) is 11.4 Å². The van der Waals surface area contributed by atoms with E-state index in [1.807, 2.05) is 72.8 Å². The fourth-order valence-electron chi connectivity index (χ4n) is 12.3. The molecule has 7 aromatic heterocycles. The first-order valence-electron chi connectivity index (χ1n) is 26.4. The Hall–Kier alpha value is -10.3. The SMILES string of the molecule is CC1(C)c2cc(-c3ccc(/C=C4\C(=O)c5cc(C#N)c(C#N)cc5C4=C(C#N)C#N)s3)sc2-c2sc(-c3c4c(c(-c5cc6c(s5)-c5sc(-c7ccc(/C=C8\C(=O)c9cc(C#N)c(C#N)cc9C8=C(C#N)C#N)s7)cc5C6(C)C)c5nsnc35)N=S=N4)cc21. The van der Waals surface area contributed by atoms with Crippen molar-refractivity contribution in [3.05, 3.63) is 172 Å². The topological polar surface area (TPSA) is 275 Å². The summed E-state index contributed by atoms with van der Waals surface area (Å²) < 4.78 is 19.9. The molecule has 0 fully saturated rings. The van der Waals surface area contributed by atoms with E-state index in [2.05, 4.69) is 52.0 Å². The van der Waals surface area contributed by atoms with Crippen molar-refractivity contribution in [1.82, 2.24) is 8.75 Å². The normalized spacial score (nSPS) is 15.5. The van der Waals surface area contributed by atoms with Crippen molar-refractivity contribution in [2.45, 2.75) is 38.5 Å². The van der Waals surface area contributed by atoms with Gasteiger partial charge in [0.1, 0.15) is 82.1 Å². The van der Waals surface area contributed by atoms with Crippen LogP contribution < -0.4 is 0 Å². The highest BCUT2D eigenvalue weighted by molar-refractivity contribution is 7.58. The molecule has 0 radical (unpaired) electrons. The second-order valence-electron chi connectivity index (χ2n) is 21.8. The zero-order valence-corrected chi connectivity index (χ0v) is 52.1. The number of thiophene rings is 6. The lowest BCUT2D eigenvalue weighted by atomic mass is 9.83. The number of nitriles is 8. The van der Waals surface area contributed by atoms with Gasteiger partial charge < -0.3 is 0 Å². The van der Waals surface area contributed by atoms with Gasteiger partial charge in [-0.25, -0.2) is 0 Å². The number of hydrogen-bond acceptors (Lipinski definition) is 21. The van der Waals surface area contributed by atoms with Crippen LogP contribution in [-0.4, -0.2) is 20.3 Å². The van der Waals surface area contributed by atoms with Crippen LogP contribution in [0.2, 0.25) is 0 Å². The zero-order chi connectivity index (χ0) is 61.0. The Morgan fingerprint density at radius 2 is 0.773 bits per heavy atom. The molecule has 10 aromatic rings. The van der Waals surface area contributed by atoms with E-state index in [1.54, 1.807) is 57.5 Å². The van der Waals surface area contributed by atoms with E-state index < -0.39 is 11.6 Å². The standard InChI is InChI=1S/C66H26N12O2S8/c1-65(2)41-15-47(45-7-5-33(81-45)13-39-51(31(23-71)24-72)35-9-27(19-67)29(21-69)11-37(35)59(39)79)83-61(41)63-43(65)17-49(85-63)53-55-57(77-87-75-55)54(58-56(53)76-88-78-58)50-18-44-64(86-50)62-42(66(44,3)4)16-48(84-62)46-8-6-34(82-46)14-40-52(32(25-73)26-74)36-10-28(20-68)30(22-70)12-38(36)60(40)80/h5-18H,1-4H3/b39-13-,40-14-. The minimum atomic E-state index is -0.432. The van der Waals surface area contributed by atoms with Crippen LogP contribution in [0.25, 0.3) is 94.2 Å². The van der Waals surface area contributed by atoms with Crippen molar-refractivity contribution in [2.24, 2.45) is 8.73 Å². The number of benzene rings is 3. The molecule has 1 aliphatic heterocycles. The van der Waals surface area contributed by atoms with Crippen molar-refractivity contribution < 1.29 is 9.59 Å². The molecule has 8 heterocycles. The Bertz CT molecular complexity index is 5290. The third-order valence-electron chi connectivity index (χ3n) is 16.6. The lowest BCUT2D eigenvalue weighted by molar-refractivity contribution is 0.103. The first kappa shape index (κ1) is 54.4. The maximum atomic E-state index is 14.0. The highest BCUT2D eigenvalue weighted by Crippen LogP contribution is 2.64. The molecule has 0 spiro atoms. The molecule has 3 aromatic carbocycles. The van der Waals surface area contributed by atoms with Crippen LogP contribution in [0.15, 0.2) is 104 Å². The lowest BCUT2D eigenvalue weighted by Crippen LogP contribution is -2.13. The van der Waals surface area contributed by atoms with Gasteiger partial charge in [-0.3, -0.25) is 9.59 Å². The van der Waals surface area contributed by atoms with Crippen molar-refractivity contribution >= 4 is 148 Å². The predicted molar refractivity (Wildman–Crippen MR) is 346 cm³/mol. The molecular weight excluding hydrogens is 1250 g/mol. The Morgan fingerprint density at radius 1 is 0.432 bits per heavy atom. The largest absolute Gasteiger partial charge is 0.289 e. The van der Waals surface area contributed by atoms with Gasteiger partial charge in [-0.1, -0.05) is 27.7 Å². The van der Waals surface area contributed by atoms with E-state index in [0.29, 0.717) is 0 Å². The summed E-state index contributed by atoms with van der Waals surface area (Å²) in [7, 11) is 0. The number of rotatable bonds is 6. The van der Waals surface area contributed by atoms with E-state index in [0.717, 1.165) is 105 Å². The van der Waals surface area contributed by atoms with Gasteiger partial charge in [-0.15, -0.1) is 68.0 Å². The van der Waals surface area contributed by atoms with Crippen molar-refractivity contribution in [3.63, 3.8) is 0 Å². The third-order valence-corrected chi connectivity index (χ3v) is 25.0. The van der Waals surface area contributed by atoms with Gasteiger partial charge in [-0.05, 0) is 118 Å². The molecule has 4 aliphatic carbocycles. The molecule has 0 bridgehead atoms. The molecule has 410 valence electrons. The summed E-state index contributed by atoms with van der Waals surface area (Å²) in [5.41, 5.74) is 10.1. The number of hydrogen-bond donors (Lipinski definition) is 0. The molecule has 14 nitrogen and oxygen atoms in total. The number of aromatic nitrogens is 2. The van der Waals surface area contributed by atoms with Gasteiger partial charge in [0.2, 0.25) is 0 Å². The number of carbonyl (C=O) groups excluding carboxylic acids is 2. The molecule has 5 aliphatic rings. The third kappa shape index (κ3) is 7.61. The van der Waals surface area contributed by atoms with Gasteiger partial charge >= 0.3 is 0 Å². The zero-order valence-electron chi connectivity index (χ0n) is 45.5. The average molecular weight is 1280 g/mol. The van der Waals surface area contributed by atoms with Gasteiger partial charge in [0.25, 0.3) is 0 Å². The van der Waals surface area contributed by atoms with E-state index in [4.69, 9.17) is 17.5 Å². The minimum absolute atomic E-state index is 0.0384. The van der Waals surface area contributed by atoms with Gasteiger partial charge in [0.05, 0.1) is 45.3 Å². The summed E-state index contributed by atoms with van der Waals surface area (Å²) in [6.07, 6.45) is 3.36. The number of ketones is 2. The number of allylic oxidation sites excluding steroid dienone is 6. The van der Waals surface area contributed by atoms with Crippen molar-refractivity contribution in [3.8, 4) is 108 Å². The fraction of sp³-hybridized carbons (Fsp3) is 0.0909. The van der Waals surface area contributed by atoms with Gasteiger partial charge in [0, 0.05) is 114 Å². The molecule has 0 saturated heterocycles. The summed E-state index contributed by atoms with van der Waals surface area (Å²) >= 11 is 12.1. The maximum Gasteiger partial charge on any atom is 0.194 e. The average Bonchev–Trinajstić information content (AvgIpc) is 1.59. The van der Waals surface area contributed by atoms with Crippen LogP contribution in [0.5, 0.6) is 0 Å². The van der Waals surface area contributed by atoms with Crippen LogP contribution in [0.3, 0.4) is 0 Å². The van der Waals surface area contributed by atoms with E-state index in [-0.39, 0.29) is 88.8 Å². The minimum Gasteiger partial charge on any atom is -0.289 e. The first-order chi connectivity index (χ1) is 42.6. The summed E-state index contributed by atoms with van der Waals surface area (Å²) in [6.45, 7) is 8.95. The quantitative estimate of drug-likeness (QED) is 0.111. The lowest BCUT2D eigenvalue weighted by Gasteiger charge is -2.19. The van der Waals surface area contributed by atoms with Crippen LogP contribution in [-0.2, 0) is 22.2 Å². The number of fused-ring (bicyclic) bond motifs is 10. The summed E-state index contributed by atoms with van der Waals surface area (Å²) in [5.74, 6) is -0.865. The van der Waals surface area contributed by atoms with Crippen molar-refractivity contribution in [2.75, 3.05) is 0 Å². The number of nitrogens with zero attached hydrogens (tertiary/aromatic N) is 12. The molecule has 0 unspecified atom stereocenters. The second kappa shape index (κ2) is 19.6. The number of carbonyl (C=O) groups is 2. The molecule has 0 saturated carbocycles. The molecular formula is C66H26N12O2S8. The molecule has 0 N–H and O–H groups in total. The summed E-state index contributed by atoms with van der Waals surface area (Å²) in [6, 6.07) is 38.0. The molecule has 0 atom stereocenters. The number of Topliss-reactive ketones (excluding diaryl/α,β-unsaturated/α-hetero) is 2. The Balaban J connectivity index is 0.746. The van der Waals surface area contributed by atoms with Crippen LogP contribution >= 0.6 is 79.7 Å². The van der Waals surface area contributed by atoms with Gasteiger partial charge in [-0.2, -0.15) is 59.6 Å². The highest BCUT2D eigenvalue weighted by Gasteiger charge is 2.44. The maximum absolute atomic E-state index is 14.0. The molecule has 0 amide bonds. The van der Waals surface area contributed by atoms with E-state index in [9.17, 15) is 51.7 Å². The van der Waals surface area contributed by atoms with Crippen LogP contribution in [0.1, 0.15) is 114 Å². The second-order valence-corrected chi connectivity index (χ2v) is 29.3. The van der Waals surface area contributed by atoms with Crippen LogP contribution in [0, 0.1) is 90.6 Å². The van der Waals surface area contributed by atoms with E-state index >= 15 is 0 Å². The monoisotopic (exact) mass is 1270 g/mol. The Kier molecular flexibility index (Phi) is 12.1. The van der Waals surface area contributed by atoms with E-state index in [1.165, 1.54) is 78.9 Å². The van der Waals surface area contributed by atoms with Gasteiger partial charge in [0.15, 0.2) is 11.6 Å². The highest BCUT2D eigenvalue weighted by atomic mass is 32.1. The smallest absolute Gasteiger partial charge is 0.194 e. The molecule has 22 heteroatoms. The molecule has 88 heavy (non-hydrogen) atoms. The first-order valence-corrected chi connectivity index (χ1v) is 32.7. The van der Waals surface area contributed by atoms with Crippen molar-refractivity contribution in [1.29, 1.82) is 42.1 Å².